The number of rotatable bonds is 7. The van der Waals surface area contributed by atoms with Crippen molar-refractivity contribution in [3.63, 3.8) is 0 Å². The lowest BCUT2D eigenvalue weighted by Crippen LogP contribution is -2.51. The molecule has 0 radical (unpaired) electrons. The number of piperazine rings is 1. The molecule has 1 fully saturated rings. The molecule has 0 spiro atoms. The van der Waals surface area contributed by atoms with Gasteiger partial charge < -0.3 is 19.4 Å². The average Bonchev–Trinajstić information content (AvgIpc) is 3.28. The van der Waals surface area contributed by atoms with Gasteiger partial charge in [0.1, 0.15) is 11.6 Å². The van der Waals surface area contributed by atoms with E-state index in [0.717, 1.165) is 35.5 Å². The molecule has 1 amide bonds. The van der Waals surface area contributed by atoms with Gasteiger partial charge in [0.05, 0.1) is 13.7 Å². The standard InChI is InChI=1S/C23H27N5O2S/c1-26(23-24-21(25-31-23)16-18-6-4-3-5-7-18)17-22(29)28-14-12-27(13-15-28)19-8-10-20(30-2)11-9-19/h3-11H,12-17H2,1-2H3. The Labute approximate surface area is 187 Å². The van der Waals surface area contributed by atoms with Gasteiger partial charge in [0.25, 0.3) is 0 Å². The highest BCUT2D eigenvalue weighted by Crippen LogP contribution is 2.21. The number of ether oxygens (including phenoxy) is 1. The number of hydrogen-bond acceptors (Lipinski definition) is 7. The number of methoxy groups -OCH3 is 1. The first-order chi connectivity index (χ1) is 15.1. The molecular formula is C23H27N5O2S. The van der Waals surface area contributed by atoms with Crippen molar-refractivity contribution in [3.8, 4) is 5.75 Å². The fraction of sp³-hybridized carbons (Fsp3) is 0.348. The number of benzene rings is 2. The van der Waals surface area contributed by atoms with Crippen molar-refractivity contribution in [2.45, 2.75) is 6.42 Å². The Hall–Kier alpha value is -3.13. The Kier molecular flexibility index (Phi) is 6.66. The monoisotopic (exact) mass is 437 g/mol. The molecule has 4 rings (SSSR count). The second-order valence-electron chi connectivity index (χ2n) is 7.58. The summed E-state index contributed by atoms with van der Waals surface area (Å²) in [5.41, 5.74) is 2.34. The van der Waals surface area contributed by atoms with Crippen molar-refractivity contribution in [1.82, 2.24) is 14.3 Å². The number of aromatic nitrogens is 2. The summed E-state index contributed by atoms with van der Waals surface area (Å²) in [7, 11) is 3.57. The van der Waals surface area contributed by atoms with Crippen molar-refractivity contribution >= 4 is 28.3 Å². The third kappa shape index (κ3) is 5.32. The van der Waals surface area contributed by atoms with Gasteiger partial charge in [-0.25, -0.2) is 4.98 Å². The van der Waals surface area contributed by atoms with Crippen LogP contribution in [0.1, 0.15) is 11.4 Å². The Morgan fingerprint density at radius 3 is 2.45 bits per heavy atom. The normalized spacial score (nSPS) is 13.9. The molecule has 1 aromatic heterocycles. The van der Waals surface area contributed by atoms with E-state index in [1.807, 2.05) is 47.2 Å². The van der Waals surface area contributed by atoms with Gasteiger partial charge in [-0.3, -0.25) is 4.79 Å². The average molecular weight is 438 g/mol. The topological polar surface area (TPSA) is 61.8 Å². The minimum atomic E-state index is 0.122. The SMILES string of the molecule is COc1ccc(N2CCN(C(=O)CN(C)c3nc(Cc4ccccc4)ns3)CC2)cc1. The summed E-state index contributed by atoms with van der Waals surface area (Å²) in [5.74, 6) is 1.76. The lowest BCUT2D eigenvalue weighted by atomic mass is 10.1. The maximum Gasteiger partial charge on any atom is 0.242 e. The molecule has 1 aliphatic heterocycles. The van der Waals surface area contributed by atoms with E-state index in [9.17, 15) is 4.79 Å². The third-order valence-electron chi connectivity index (χ3n) is 5.43. The van der Waals surface area contributed by atoms with Crippen LogP contribution < -0.4 is 14.5 Å². The van der Waals surface area contributed by atoms with Gasteiger partial charge in [-0.2, -0.15) is 4.37 Å². The summed E-state index contributed by atoms with van der Waals surface area (Å²) in [6.07, 6.45) is 0.701. The summed E-state index contributed by atoms with van der Waals surface area (Å²) in [6.45, 7) is 3.38. The van der Waals surface area contributed by atoms with Crippen LogP contribution in [0.4, 0.5) is 10.8 Å². The van der Waals surface area contributed by atoms with Crippen LogP contribution in [0.15, 0.2) is 54.6 Å². The van der Waals surface area contributed by atoms with Crippen LogP contribution in [0.5, 0.6) is 5.75 Å². The lowest BCUT2D eigenvalue weighted by Gasteiger charge is -2.36. The maximum atomic E-state index is 12.8. The highest BCUT2D eigenvalue weighted by molar-refractivity contribution is 7.09. The van der Waals surface area contributed by atoms with Crippen molar-refractivity contribution in [2.24, 2.45) is 0 Å². The number of amides is 1. The second kappa shape index (κ2) is 9.78. The highest BCUT2D eigenvalue weighted by Gasteiger charge is 2.23. The molecule has 0 unspecified atom stereocenters. The first-order valence-electron chi connectivity index (χ1n) is 10.4. The highest BCUT2D eigenvalue weighted by atomic mass is 32.1. The largest absolute Gasteiger partial charge is 0.497 e. The number of carbonyl (C=O) groups is 1. The van der Waals surface area contributed by atoms with E-state index in [1.54, 1.807) is 7.11 Å². The zero-order valence-electron chi connectivity index (χ0n) is 17.9. The Balaban J connectivity index is 1.27. The van der Waals surface area contributed by atoms with Crippen LogP contribution in [0.3, 0.4) is 0 Å². The Morgan fingerprint density at radius 2 is 1.77 bits per heavy atom. The molecule has 0 aliphatic carbocycles. The van der Waals surface area contributed by atoms with Gasteiger partial charge in [0.15, 0.2) is 0 Å². The molecule has 1 saturated heterocycles. The number of hydrogen-bond donors (Lipinski definition) is 0. The van der Waals surface area contributed by atoms with Gasteiger partial charge in [-0.1, -0.05) is 30.3 Å². The van der Waals surface area contributed by atoms with E-state index >= 15 is 0 Å². The zero-order valence-corrected chi connectivity index (χ0v) is 18.7. The summed E-state index contributed by atoms with van der Waals surface area (Å²) in [5, 5.41) is 0.774. The number of likely N-dealkylation sites (N-methyl/N-ethyl adjacent to an activating group) is 1. The summed E-state index contributed by atoms with van der Waals surface area (Å²) in [6, 6.07) is 18.2. The molecule has 2 heterocycles. The molecule has 0 N–H and O–H groups in total. The summed E-state index contributed by atoms with van der Waals surface area (Å²) in [4.78, 5) is 23.6. The third-order valence-corrected chi connectivity index (χ3v) is 6.30. The predicted octanol–water partition coefficient (Wildman–Crippen LogP) is 2.92. The number of anilines is 2. The van der Waals surface area contributed by atoms with Crippen molar-refractivity contribution in [2.75, 3.05) is 56.7 Å². The zero-order chi connectivity index (χ0) is 21.6. The quantitative estimate of drug-likeness (QED) is 0.566. The first-order valence-corrected chi connectivity index (χ1v) is 11.1. The summed E-state index contributed by atoms with van der Waals surface area (Å²) >= 11 is 1.34. The van der Waals surface area contributed by atoms with Crippen molar-refractivity contribution in [1.29, 1.82) is 0 Å². The van der Waals surface area contributed by atoms with Crippen molar-refractivity contribution in [3.05, 3.63) is 66.0 Å². The van der Waals surface area contributed by atoms with Gasteiger partial charge >= 0.3 is 0 Å². The fourth-order valence-electron chi connectivity index (χ4n) is 3.63. The van der Waals surface area contributed by atoms with Gasteiger partial charge in [-0.15, -0.1) is 0 Å². The lowest BCUT2D eigenvalue weighted by molar-refractivity contribution is -0.129. The maximum absolute atomic E-state index is 12.8. The molecular weight excluding hydrogens is 410 g/mol. The van der Waals surface area contributed by atoms with Crippen molar-refractivity contribution < 1.29 is 9.53 Å². The molecule has 0 saturated carbocycles. The van der Waals surface area contributed by atoms with Crippen LogP contribution >= 0.6 is 11.5 Å². The fourth-order valence-corrected chi connectivity index (χ4v) is 4.27. The van der Waals surface area contributed by atoms with E-state index < -0.39 is 0 Å². The van der Waals surface area contributed by atoms with Gasteiger partial charge in [0.2, 0.25) is 11.0 Å². The molecule has 31 heavy (non-hydrogen) atoms. The van der Waals surface area contributed by atoms with Crippen LogP contribution in [0.25, 0.3) is 0 Å². The van der Waals surface area contributed by atoms with Crippen LogP contribution in [-0.4, -0.2) is 67.0 Å². The smallest absolute Gasteiger partial charge is 0.242 e. The van der Waals surface area contributed by atoms with E-state index in [-0.39, 0.29) is 5.91 Å². The minimum absolute atomic E-state index is 0.122. The van der Waals surface area contributed by atoms with E-state index in [1.165, 1.54) is 17.1 Å². The second-order valence-corrected chi connectivity index (χ2v) is 8.31. The van der Waals surface area contributed by atoms with E-state index in [4.69, 9.17) is 4.74 Å². The first kappa shape index (κ1) is 21.1. The Bertz CT molecular complexity index is 985. The van der Waals surface area contributed by atoms with Crippen LogP contribution in [-0.2, 0) is 11.2 Å². The molecule has 1 aliphatic rings. The molecule has 2 aromatic carbocycles. The molecule has 0 atom stereocenters. The van der Waals surface area contributed by atoms with Crippen LogP contribution in [0.2, 0.25) is 0 Å². The molecule has 162 valence electrons. The molecule has 7 nitrogen and oxygen atoms in total. The molecule has 3 aromatic rings. The molecule has 8 heteroatoms. The number of carbonyl (C=O) groups excluding carboxylic acids is 1. The number of nitrogens with zero attached hydrogens (tertiary/aromatic N) is 5. The van der Waals surface area contributed by atoms with Gasteiger partial charge in [-0.05, 0) is 29.8 Å². The predicted molar refractivity (Wildman–Crippen MR) is 124 cm³/mol. The van der Waals surface area contributed by atoms with Crippen LogP contribution in [0, 0.1) is 0 Å². The van der Waals surface area contributed by atoms with Gasteiger partial charge in [0, 0.05) is 56.9 Å². The van der Waals surface area contributed by atoms with E-state index in [2.05, 4.69) is 38.5 Å². The molecule has 0 bridgehead atoms. The Morgan fingerprint density at radius 1 is 1.06 bits per heavy atom. The van der Waals surface area contributed by atoms with E-state index in [0.29, 0.717) is 26.1 Å². The summed E-state index contributed by atoms with van der Waals surface area (Å²) < 4.78 is 9.68. The minimum Gasteiger partial charge on any atom is -0.497 e.